The van der Waals surface area contributed by atoms with E-state index >= 15 is 0 Å². The highest BCUT2D eigenvalue weighted by molar-refractivity contribution is 5.48. The third-order valence-corrected chi connectivity index (χ3v) is 2.99. The van der Waals surface area contributed by atoms with Gasteiger partial charge in [-0.15, -0.1) is 0 Å². The molecule has 1 aromatic rings. The van der Waals surface area contributed by atoms with Crippen molar-refractivity contribution in [2.45, 2.75) is 18.9 Å². The molecule has 0 aromatic heterocycles. The molecule has 2 rings (SSSR count). The average Bonchev–Trinajstić information content (AvgIpc) is 3.21. The Morgan fingerprint density at radius 1 is 1.53 bits per heavy atom. The molecule has 1 aliphatic rings. The first-order chi connectivity index (χ1) is 9.19. The first-order valence-corrected chi connectivity index (χ1v) is 6.38. The highest BCUT2D eigenvalue weighted by atomic mass is 19.1. The average molecular weight is 264 g/mol. The monoisotopic (exact) mass is 264 g/mol. The highest BCUT2D eigenvalue weighted by Gasteiger charge is 2.21. The second-order valence-electron chi connectivity index (χ2n) is 4.82. The van der Waals surface area contributed by atoms with Crippen LogP contribution in [-0.4, -0.2) is 31.0 Å². The van der Waals surface area contributed by atoms with Gasteiger partial charge in [-0.3, -0.25) is 0 Å². The van der Waals surface area contributed by atoms with E-state index in [0.29, 0.717) is 12.5 Å². The molecule has 0 amide bonds. The molecule has 1 fully saturated rings. The van der Waals surface area contributed by atoms with Gasteiger partial charge in [0.05, 0.1) is 30.0 Å². The maximum absolute atomic E-state index is 13.5. The molecular formula is C14H17FN2O2. The fourth-order valence-corrected chi connectivity index (χ4v) is 1.67. The second kappa shape index (κ2) is 6.50. The Morgan fingerprint density at radius 3 is 2.95 bits per heavy atom. The standard InChI is InChI=1S/C14H17FN2O2/c15-13-5-11(6-16)3-4-14(13)17-7-12(18)9-19-8-10-1-2-10/h3-5,10,12,17-18H,1-2,7-9H2/t12-/m0/s1. The molecule has 2 N–H and O–H groups in total. The lowest BCUT2D eigenvalue weighted by molar-refractivity contribution is 0.0386. The van der Waals surface area contributed by atoms with Crippen molar-refractivity contribution in [3.05, 3.63) is 29.6 Å². The van der Waals surface area contributed by atoms with Gasteiger partial charge in [-0.2, -0.15) is 5.26 Å². The van der Waals surface area contributed by atoms with Crippen molar-refractivity contribution in [2.75, 3.05) is 25.1 Å². The van der Waals surface area contributed by atoms with Crippen molar-refractivity contribution in [2.24, 2.45) is 5.92 Å². The van der Waals surface area contributed by atoms with Crippen LogP contribution >= 0.6 is 0 Å². The Balaban J connectivity index is 1.72. The number of aliphatic hydroxyl groups is 1. The summed E-state index contributed by atoms with van der Waals surface area (Å²) in [7, 11) is 0. The van der Waals surface area contributed by atoms with Crippen molar-refractivity contribution < 1.29 is 14.2 Å². The van der Waals surface area contributed by atoms with E-state index < -0.39 is 11.9 Å². The molecule has 0 radical (unpaired) electrons. The van der Waals surface area contributed by atoms with Crippen molar-refractivity contribution in [1.29, 1.82) is 5.26 Å². The van der Waals surface area contributed by atoms with Crippen LogP contribution in [0.1, 0.15) is 18.4 Å². The van der Waals surface area contributed by atoms with Gasteiger partial charge >= 0.3 is 0 Å². The van der Waals surface area contributed by atoms with Crippen LogP contribution in [0.2, 0.25) is 0 Å². The molecule has 5 heteroatoms. The first kappa shape index (κ1) is 13.8. The van der Waals surface area contributed by atoms with Crippen molar-refractivity contribution in [1.82, 2.24) is 0 Å². The molecule has 0 bridgehead atoms. The molecular weight excluding hydrogens is 247 g/mol. The van der Waals surface area contributed by atoms with Crippen molar-refractivity contribution in [3.8, 4) is 6.07 Å². The van der Waals surface area contributed by atoms with Crippen LogP contribution in [0.3, 0.4) is 0 Å². The Kier molecular flexibility index (Phi) is 4.72. The second-order valence-corrected chi connectivity index (χ2v) is 4.82. The van der Waals surface area contributed by atoms with E-state index in [-0.39, 0.29) is 24.4 Å². The molecule has 0 aliphatic heterocycles. The summed E-state index contributed by atoms with van der Waals surface area (Å²) < 4.78 is 18.9. The summed E-state index contributed by atoms with van der Waals surface area (Å²) in [5.74, 6) is 0.168. The van der Waals surface area contributed by atoms with Gasteiger partial charge in [0.2, 0.25) is 0 Å². The van der Waals surface area contributed by atoms with E-state index in [0.717, 1.165) is 6.07 Å². The smallest absolute Gasteiger partial charge is 0.147 e. The Labute approximate surface area is 111 Å². The molecule has 1 aliphatic carbocycles. The number of aliphatic hydroxyl groups excluding tert-OH is 1. The summed E-state index contributed by atoms with van der Waals surface area (Å²) in [6.45, 7) is 1.16. The largest absolute Gasteiger partial charge is 0.389 e. The summed E-state index contributed by atoms with van der Waals surface area (Å²) in [4.78, 5) is 0. The lowest BCUT2D eigenvalue weighted by Crippen LogP contribution is -2.25. The fourth-order valence-electron chi connectivity index (χ4n) is 1.67. The number of hydrogen-bond donors (Lipinski definition) is 2. The van der Waals surface area contributed by atoms with Crippen LogP contribution in [0.25, 0.3) is 0 Å². The molecule has 1 aromatic carbocycles. The fraction of sp³-hybridized carbons (Fsp3) is 0.500. The minimum absolute atomic E-state index is 0.216. The predicted molar refractivity (Wildman–Crippen MR) is 69.2 cm³/mol. The molecule has 19 heavy (non-hydrogen) atoms. The zero-order valence-electron chi connectivity index (χ0n) is 10.6. The van der Waals surface area contributed by atoms with E-state index in [1.807, 2.05) is 6.07 Å². The number of rotatable bonds is 7. The first-order valence-electron chi connectivity index (χ1n) is 6.38. The topological polar surface area (TPSA) is 65.3 Å². The number of benzene rings is 1. The Bertz CT molecular complexity index is 469. The van der Waals surface area contributed by atoms with Crippen LogP contribution in [0.15, 0.2) is 18.2 Å². The molecule has 0 spiro atoms. The molecule has 1 atom stereocenters. The zero-order chi connectivity index (χ0) is 13.7. The van der Waals surface area contributed by atoms with E-state index in [1.54, 1.807) is 0 Å². The number of nitrogens with zero attached hydrogens (tertiary/aromatic N) is 1. The summed E-state index contributed by atoms with van der Waals surface area (Å²) in [6.07, 6.45) is 1.75. The number of ether oxygens (including phenoxy) is 1. The normalized spacial score (nSPS) is 15.8. The van der Waals surface area contributed by atoms with Crippen LogP contribution < -0.4 is 5.32 Å². The van der Waals surface area contributed by atoms with Crippen LogP contribution in [0, 0.1) is 23.1 Å². The molecule has 4 nitrogen and oxygen atoms in total. The van der Waals surface area contributed by atoms with Gasteiger partial charge in [0.25, 0.3) is 0 Å². The number of halogens is 1. The number of hydrogen-bond acceptors (Lipinski definition) is 4. The molecule has 1 saturated carbocycles. The molecule has 0 unspecified atom stereocenters. The third kappa shape index (κ3) is 4.51. The summed E-state index contributed by atoms with van der Waals surface area (Å²) in [6, 6.07) is 6.05. The van der Waals surface area contributed by atoms with E-state index in [1.165, 1.54) is 25.0 Å². The van der Waals surface area contributed by atoms with Crippen LogP contribution in [0.4, 0.5) is 10.1 Å². The van der Waals surface area contributed by atoms with E-state index in [4.69, 9.17) is 10.00 Å². The lowest BCUT2D eigenvalue weighted by atomic mass is 10.2. The zero-order valence-corrected chi connectivity index (χ0v) is 10.6. The van der Waals surface area contributed by atoms with Crippen molar-refractivity contribution >= 4 is 5.69 Å². The van der Waals surface area contributed by atoms with Gasteiger partial charge in [0.15, 0.2) is 0 Å². The maximum Gasteiger partial charge on any atom is 0.147 e. The highest BCUT2D eigenvalue weighted by Crippen LogP contribution is 2.28. The lowest BCUT2D eigenvalue weighted by Gasteiger charge is -2.13. The molecule has 0 saturated heterocycles. The number of anilines is 1. The summed E-state index contributed by atoms with van der Waals surface area (Å²) in [5.41, 5.74) is 0.552. The Hall–Kier alpha value is -1.64. The van der Waals surface area contributed by atoms with Crippen LogP contribution in [-0.2, 0) is 4.74 Å². The van der Waals surface area contributed by atoms with Gasteiger partial charge in [0.1, 0.15) is 5.82 Å². The maximum atomic E-state index is 13.5. The summed E-state index contributed by atoms with van der Waals surface area (Å²) >= 11 is 0. The predicted octanol–water partition coefficient (Wildman–Crippen LogP) is 1.90. The van der Waals surface area contributed by atoms with Gasteiger partial charge in [-0.25, -0.2) is 4.39 Å². The van der Waals surface area contributed by atoms with Gasteiger partial charge in [-0.05, 0) is 37.0 Å². The molecule has 102 valence electrons. The SMILES string of the molecule is N#Cc1ccc(NC[C@H](O)COCC2CC2)c(F)c1. The number of nitriles is 1. The quantitative estimate of drug-likeness (QED) is 0.789. The molecule has 0 heterocycles. The minimum Gasteiger partial charge on any atom is -0.389 e. The summed E-state index contributed by atoms with van der Waals surface area (Å²) in [5, 5.41) is 21.1. The van der Waals surface area contributed by atoms with E-state index in [9.17, 15) is 9.50 Å². The Morgan fingerprint density at radius 2 is 2.32 bits per heavy atom. The third-order valence-electron chi connectivity index (χ3n) is 2.99. The minimum atomic E-state index is -0.672. The van der Waals surface area contributed by atoms with E-state index in [2.05, 4.69) is 5.32 Å². The van der Waals surface area contributed by atoms with Crippen molar-refractivity contribution in [3.63, 3.8) is 0 Å². The van der Waals surface area contributed by atoms with Gasteiger partial charge in [-0.1, -0.05) is 0 Å². The van der Waals surface area contributed by atoms with Crippen LogP contribution in [0.5, 0.6) is 0 Å². The number of nitrogens with one attached hydrogen (secondary N) is 1. The van der Waals surface area contributed by atoms with Gasteiger partial charge in [0, 0.05) is 13.2 Å². The van der Waals surface area contributed by atoms with Gasteiger partial charge < -0.3 is 15.2 Å².